The van der Waals surface area contributed by atoms with Crippen LogP contribution in [0.25, 0.3) is 0 Å². The van der Waals surface area contributed by atoms with Crippen LogP contribution >= 0.6 is 11.6 Å². The van der Waals surface area contributed by atoms with Crippen LogP contribution in [0.5, 0.6) is 0 Å². The minimum Gasteiger partial charge on any atom is -0.479 e. The van der Waals surface area contributed by atoms with Gasteiger partial charge < -0.3 is 35.2 Å². The molecule has 1 heterocycles. The molecule has 0 spiro atoms. The summed E-state index contributed by atoms with van der Waals surface area (Å²) < 4.78 is 10.1. The first kappa shape index (κ1) is 22.0. The summed E-state index contributed by atoms with van der Waals surface area (Å²) in [5.74, 6) is -2.51. The Morgan fingerprint density at radius 2 is 1.67 bits per heavy atom. The van der Waals surface area contributed by atoms with E-state index in [1.54, 1.807) is 43.3 Å². The van der Waals surface area contributed by atoms with E-state index in [2.05, 4.69) is 5.32 Å². The average Bonchev–Trinajstić information content (AvgIpc) is 2.71. The van der Waals surface area contributed by atoms with Crippen LogP contribution < -0.4 is 5.32 Å². The summed E-state index contributed by atoms with van der Waals surface area (Å²) in [4.78, 5) is 23.9. The second kappa shape index (κ2) is 8.99. The van der Waals surface area contributed by atoms with E-state index >= 15 is 0 Å². The first-order valence-electron chi connectivity index (χ1n) is 8.95. The molecule has 1 aliphatic rings. The Morgan fingerprint density at radius 1 is 1.00 bits per heavy atom. The zero-order chi connectivity index (χ0) is 22.0. The van der Waals surface area contributed by atoms with Gasteiger partial charge in [0.2, 0.25) is 6.29 Å². The third kappa shape index (κ3) is 4.40. The summed E-state index contributed by atoms with van der Waals surface area (Å²) in [5, 5.41) is 42.3. The Labute approximate surface area is 176 Å². The number of carboxylic acid groups (broad SMARTS) is 1. The standard InChI is InChI=1S/C20H20ClNO8/c1-9-11(21)6-4-8-12(9)22-13-7-3-2-5-10(13)19(28)30-20-16(25)14(23)15(24)17(29-20)18(26)27/h2-8,14-17,20,22-25H,1H3,(H,26,27)/t14-,15-,16+,17-,20-/m0/s1. The highest BCUT2D eigenvalue weighted by molar-refractivity contribution is 6.31. The number of hydrogen-bond donors (Lipinski definition) is 5. The predicted molar refractivity (Wildman–Crippen MR) is 106 cm³/mol. The van der Waals surface area contributed by atoms with Gasteiger partial charge in [-0.2, -0.15) is 0 Å². The molecule has 0 amide bonds. The second-order valence-corrected chi connectivity index (χ2v) is 7.13. The number of aliphatic hydroxyl groups excluding tert-OH is 3. The Morgan fingerprint density at radius 3 is 2.37 bits per heavy atom. The van der Waals surface area contributed by atoms with Crippen molar-refractivity contribution in [2.45, 2.75) is 37.6 Å². The van der Waals surface area contributed by atoms with Crippen LogP contribution in [-0.4, -0.2) is 63.1 Å². The van der Waals surface area contributed by atoms with E-state index < -0.39 is 42.6 Å². The summed E-state index contributed by atoms with van der Waals surface area (Å²) in [6, 6.07) is 11.6. The van der Waals surface area contributed by atoms with Crippen LogP contribution in [0.15, 0.2) is 42.5 Å². The molecule has 0 bridgehead atoms. The first-order valence-corrected chi connectivity index (χ1v) is 9.33. The molecule has 1 fully saturated rings. The van der Waals surface area contributed by atoms with Gasteiger partial charge in [-0.1, -0.05) is 29.8 Å². The molecule has 10 heteroatoms. The molecule has 1 saturated heterocycles. The number of nitrogens with one attached hydrogen (secondary N) is 1. The molecule has 30 heavy (non-hydrogen) atoms. The quantitative estimate of drug-likeness (QED) is 0.438. The van der Waals surface area contributed by atoms with Crippen LogP contribution in [-0.2, 0) is 14.3 Å². The summed E-state index contributed by atoms with van der Waals surface area (Å²) in [5.41, 5.74) is 1.85. The number of aliphatic carboxylic acids is 1. The number of ether oxygens (including phenoxy) is 2. The molecule has 0 radical (unpaired) electrons. The maximum atomic E-state index is 12.7. The number of halogens is 1. The fourth-order valence-electron chi connectivity index (χ4n) is 2.98. The van der Waals surface area contributed by atoms with Gasteiger partial charge in [-0.3, -0.25) is 0 Å². The van der Waals surface area contributed by atoms with Crippen molar-refractivity contribution in [2.24, 2.45) is 0 Å². The number of benzene rings is 2. The number of aliphatic hydroxyl groups is 3. The average molecular weight is 438 g/mol. The van der Waals surface area contributed by atoms with Crippen LogP contribution in [0.1, 0.15) is 15.9 Å². The lowest BCUT2D eigenvalue weighted by molar-refractivity contribution is -0.278. The zero-order valence-electron chi connectivity index (χ0n) is 15.7. The van der Waals surface area contributed by atoms with Crippen molar-refractivity contribution in [1.29, 1.82) is 0 Å². The largest absolute Gasteiger partial charge is 0.479 e. The number of carboxylic acids is 1. The lowest BCUT2D eigenvalue weighted by Crippen LogP contribution is -2.60. The van der Waals surface area contributed by atoms with Crippen molar-refractivity contribution in [2.75, 3.05) is 5.32 Å². The van der Waals surface area contributed by atoms with Gasteiger partial charge >= 0.3 is 11.9 Å². The second-order valence-electron chi connectivity index (χ2n) is 6.72. The van der Waals surface area contributed by atoms with Gasteiger partial charge in [-0.05, 0) is 36.8 Å². The SMILES string of the molecule is Cc1c(Cl)cccc1Nc1ccccc1C(=O)O[C@@H]1O[C@H](C(=O)O)[C@@H](O)[C@H](O)[C@H]1O. The van der Waals surface area contributed by atoms with E-state index in [-0.39, 0.29) is 5.56 Å². The van der Waals surface area contributed by atoms with Crippen molar-refractivity contribution < 1.29 is 39.5 Å². The molecule has 3 rings (SSSR count). The zero-order valence-corrected chi connectivity index (χ0v) is 16.5. The normalized spacial score (nSPS) is 26.1. The van der Waals surface area contributed by atoms with Crippen molar-refractivity contribution in [3.63, 3.8) is 0 Å². The van der Waals surface area contributed by atoms with Crippen LogP contribution in [0.4, 0.5) is 11.4 Å². The Bertz CT molecular complexity index is 952. The van der Waals surface area contributed by atoms with Gasteiger partial charge in [0.05, 0.1) is 11.3 Å². The number of hydrogen-bond acceptors (Lipinski definition) is 8. The van der Waals surface area contributed by atoms with Gasteiger partial charge in [-0.15, -0.1) is 0 Å². The smallest absolute Gasteiger partial charge is 0.342 e. The number of carbonyl (C=O) groups excluding carboxylic acids is 1. The molecule has 5 N–H and O–H groups in total. The molecule has 160 valence electrons. The maximum absolute atomic E-state index is 12.7. The van der Waals surface area contributed by atoms with Gasteiger partial charge in [0.25, 0.3) is 0 Å². The minimum absolute atomic E-state index is 0.0696. The van der Waals surface area contributed by atoms with E-state index in [1.165, 1.54) is 6.07 Å². The molecule has 1 aliphatic heterocycles. The van der Waals surface area contributed by atoms with Gasteiger partial charge in [0, 0.05) is 10.7 Å². The van der Waals surface area contributed by atoms with Gasteiger partial charge in [-0.25, -0.2) is 9.59 Å². The van der Waals surface area contributed by atoms with E-state index in [4.69, 9.17) is 26.2 Å². The summed E-state index contributed by atoms with van der Waals surface area (Å²) in [6.45, 7) is 1.80. The molecule has 0 aliphatic carbocycles. The lowest BCUT2D eigenvalue weighted by atomic mass is 9.99. The monoisotopic (exact) mass is 437 g/mol. The summed E-state index contributed by atoms with van der Waals surface area (Å²) in [6.07, 6.45) is -9.26. The third-order valence-corrected chi connectivity index (χ3v) is 5.13. The number of para-hydroxylation sites is 1. The summed E-state index contributed by atoms with van der Waals surface area (Å²) in [7, 11) is 0. The topological polar surface area (TPSA) is 146 Å². The Kier molecular flexibility index (Phi) is 6.59. The van der Waals surface area contributed by atoms with Crippen molar-refractivity contribution in [3.8, 4) is 0 Å². The molecule has 9 nitrogen and oxygen atoms in total. The van der Waals surface area contributed by atoms with Gasteiger partial charge in [0.15, 0.2) is 6.10 Å². The Balaban J connectivity index is 1.82. The molecular weight excluding hydrogens is 418 g/mol. The minimum atomic E-state index is -1.88. The third-order valence-electron chi connectivity index (χ3n) is 4.72. The molecule has 2 aromatic rings. The Hall–Kier alpha value is -2.69. The number of anilines is 2. The van der Waals surface area contributed by atoms with Gasteiger partial charge in [0.1, 0.15) is 18.3 Å². The lowest BCUT2D eigenvalue weighted by Gasteiger charge is -2.38. The van der Waals surface area contributed by atoms with Crippen LogP contribution in [0, 0.1) is 6.92 Å². The van der Waals surface area contributed by atoms with Crippen molar-refractivity contribution in [3.05, 3.63) is 58.6 Å². The number of carbonyl (C=O) groups is 2. The van der Waals surface area contributed by atoms with E-state index in [0.29, 0.717) is 16.4 Å². The predicted octanol–water partition coefficient (Wildman–Crippen LogP) is 1.44. The fourth-order valence-corrected chi connectivity index (χ4v) is 3.15. The molecule has 0 unspecified atom stereocenters. The van der Waals surface area contributed by atoms with E-state index in [1.807, 2.05) is 0 Å². The molecule has 5 atom stereocenters. The molecule has 0 aromatic heterocycles. The summed E-state index contributed by atoms with van der Waals surface area (Å²) >= 11 is 6.12. The maximum Gasteiger partial charge on any atom is 0.342 e. The van der Waals surface area contributed by atoms with Crippen molar-refractivity contribution in [1.82, 2.24) is 0 Å². The number of esters is 1. The highest BCUT2D eigenvalue weighted by Gasteiger charge is 2.48. The first-order chi connectivity index (χ1) is 14.2. The number of rotatable bonds is 5. The molecular formula is C20H20ClNO8. The highest BCUT2D eigenvalue weighted by atomic mass is 35.5. The molecule has 0 saturated carbocycles. The molecule has 2 aromatic carbocycles. The highest BCUT2D eigenvalue weighted by Crippen LogP contribution is 2.29. The van der Waals surface area contributed by atoms with Crippen LogP contribution in [0.3, 0.4) is 0 Å². The van der Waals surface area contributed by atoms with E-state index in [0.717, 1.165) is 5.56 Å². The van der Waals surface area contributed by atoms with E-state index in [9.17, 15) is 24.9 Å². The fraction of sp³-hybridized carbons (Fsp3) is 0.300. The van der Waals surface area contributed by atoms with Crippen molar-refractivity contribution >= 4 is 34.9 Å². The van der Waals surface area contributed by atoms with Crippen LogP contribution in [0.2, 0.25) is 5.02 Å².